The monoisotopic (exact) mass is 831 g/mol. The van der Waals surface area contributed by atoms with E-state index < -0.39 is 84.0 Å². The molecule has 2 aliphatic heterocycles. The summed E-state index contributed by atoms with van der Waals surface area (Å²) >= 11 is 0. The Hall–Kier alpha value is -3.70. The van der Waals surface area contributed by atoms with Gasteiger partial charge in [0.15, 0.2) is 23.9 Å². The highest BCUT2D eigenvalue weighted by Gasteiger charge is 2.51. The van der Waals surface area contributed by atoms with Crippen molar-refractivity contribution in [2.24, 2.45) is 17.8 Å². The molecule has 15 heteroatoms. The highest BCUT2D eigenvalue weighted by atomic mass is 16.7. The lowest BCUT2D eigenvalue weighted by atomic mass is 9.78. The quantitative estimate of drug-likeness (QED) is 0.225. The van der Waals surface area contributed by atoms with Crippen molar-refractivity contribution in [2.75, 3.05) is 39.8 Å². The zero-order valence-electron chi connectivity index (χ0n) is 36.8. The number of hydrogen-bond acceptors (Lipinski definition) is 13. The Bertz CT molecular complexity index is 1660. The van der Waals surface area contributed by atoms with Crippen LogP contribution in [-0.2, 0) is 19.0 Å². The molecule has 5 N–H and O–H groups in total. The fourth-order valence-electron chi connectivity index (χ4n) is 8.53. The number of likely N-dealkylation sites (N-methyl/N-ethyl adjacent to an activating group) is 1. The summed E-state index contributed by atoms with van der Waals surface area (Å²) in [6.07, 6.45) is -6.91. The lowest BCUT2D eigenvalue weighted by Crippen LogP contribution is -2.62. The highest BCUT2D eigenvalue weighted by molar-refractivity contribution is 5.91. The smallest absolute Gasteiger partial charge is 0.324 e. The van der Waals surface area contributed by atoms with Crippen LogP contribution in [0.25, 0.3) is 0 Å². The standard InChI is InChI=1S/C44H69N3O12/c1-13-35-44(8,53)38(49)29(6)45-24-25(2)23-43(7,52)39(27(4)36(48)28(5)40(50)58-35)59-41-37(57-31-19-20-33(54-11)34(22-31)55-12)32(21-26(3)56-41)47(10)42(51)46(9)30-17-15-14-16-18-30/h14-20,22,25-29,32,35-39,41,45,48-49,52-53H,13,21,23-24H2,1-12H3/t25-,26-,27+,28-,29-,32+,35-,36+,37-,38-,39-,41+,43-,44-/m1/s1. The summed E-state index contributed by atoms with van der Waals surface area (Å²) in [5.41, 5.74) is -2.77. The van der Waals surface area contributed by atoms with E-state index in [0.29, 0.717) is 35.9 Å². The number of anilines is 1. The first-order valence-corrected chi connectivity index (χ1v) is 20.7. The van der Waals surface area contributed by atoms with Crippen LogP contribution in [0, 0.1) is 17.8 Å². The minimum Gasteiger partial charge on any atom is -0.493 e. The fraction of sp³-hybridized carbons (Fsp3) is 0.682. The van der Waals surface area contributed by atoms with E-state index in [1.807, 2.05) is 44.2 Å². The average molecular weight is 832 g/mol. The number of aliphatic hydroxyl groups is 4. The summed E-state index contributed by atoms with van der Waals surface area (Å²) in [6, 6.07) is 12.8. The molecule has 2 heterocycles. The van der Waals surface area contributed by atoms with Crippen molar-refractivity contribution in [2.45, 2.75) is 141 Å². The zero-order valence-corrected chi connectivity index (χ0v) is 36.8. The summed E-state index contributed by atoms with van der Waals surface area (Å²) in [7, 11) is 6.43. The maximum absolute atomic E-state index is 14.2. The molecule has 15 nitrogen and oxygen atoms in total. The van der Waals surface area contributed by atoms with Crippen molar-refractivity contribution in [3.8, 4) is 17.2 Å². The fourth-order valence-corrected chi connectivity index (χ4v) is 8.53. The van der Waals surface area contributed by atoms with Crippen molar-refractivity contribution in [3.63, 3.8) is 0 Å². The first-order chi connectivity index (χ1) is 27.7. The third-order valence-electron chi connectivity index (χ3n) is 12.1. The molecule has 0 aromatic heterocycles. The van der Waals surface area contributed by atoms with Crippen molar-refractivity contribution in [1.82, 2.24) is 10.2 Å². The third kappa shape index (κ3) is 11.2. The Balaban J connectivity index is 1.79. The number of para-hydroxylation sites is 1. The molecule has 2 aromatic rings. The first-order valence-electron chi connectivity index (χ1n) is 20.7. The summed E-state index contributed by atoms with van der Waals surface area (Å²) in [5, 5.41) is 50.4. The number of cyclic esters (lactones) is 1. The second kappa shape index (κ2) is 20.2. The van der Waals surface area contributed by atoms with Gasteiger partial charge < -0.3 is 59.1 Å². The van der Waals surface area contributed by atoms with Gasteiger partial charge >= 0.3 is 12.0 Å². The van der Waals surface area contributed by atoms with E-state index in [1.54, 1.807) is 69.8 Å². The van der Waals surface area contributed by atoms with Gasteiger partial charge in [-0.15, -0.1) is 0 Å². The number of nitrogens with zero attached hydrogens (tertiary/aromatic N) is 2. The van der Waals surface area contributed by atoms with E-state index >= 15 is 0 Å². The lowest BCUT2D eigenvalue weighted by Gasteiger charge is -2.48. The molecule has 0 bridgehead atoms. The van der Waals surface area contributed by atoms with Gasteiger partial charge in [-0.3, -0.25) is 9.69 Å². The number of hydrogen-bond donors (Lipinski definition) is 5. The van der Waals surface area contributed by atoms with Gasteiger partial charge in [-0.05, 0) is 90.6 Å². The van der Waals surface area contributed by atoms with E-state index in [2.05, 4.69) is 5.32 Å². The largest absolute Gasteiger partial charge is 0.493 e. The minimum absolute atomic E-state index is 0.157. The van der Waals surface area contributed by atoms with Crippen molar-refractivity contribution >= 4 is 17.7 Å². The van der Waals surface area contributed by atoms with Crippen LogP contribution in [0.3, 0.4) is 0 Å². The number of aliphatic hydroxyl groups excluding tert-OH is 2. The van der Waals surface area contributed by atoms with Gasteiger partial charge in [0, 0.05) is 37.8 Å². The average Bonchev–Trinajstić information content (AvgIpc) is 3.21. The number of rotatable bonds is 9. The van der Waals surface area contributed by atoms with Gasteiger partial charge in [0.1, 0.15) is 23.6 Å². The molecule has 2 aromatic carbocycles. The molecule has 2 fully saturated rings. The Kier molecular flexibility index (Phi) is 16.5. The van der Waals surface area contributed by atoms with Crippen LogP contribution >= 0.6 is 0 Å². The molecular formula is C44H69N3O12. The van der Waals surface area contributed by atoms with Crippen molar-refractivity contribution in [3.05, 3.63) is 48.5 Å². The van der Waals surface area contributed by atoms with Gasteiger partial charge in [-0.1, -0.05) is 39.0 Å². The molecule has 2 amide bonds. The lowest BCUT2D eigenvalue weighted by molar-refractivity contribution is -0.293. The van der Waals surface area contributed by atoms with Gasteiger partial charge in [0.25, 0.3) is 0 Å². The number of benzene rings is 2. The molecular weight excluding hydrogens is 762 g/mol. The predicted octanol–water partition coefficient (Wildman–Crippen LogP) is 4.36. The van der Waals surface area contributed by atoms with Crippen molar-refractivity contribution in [1.29, 1.82) is 0 Å². The van der Waals surface area contributed by atoms with Gasteiger partial charge in [0.2, 0.25) is 0 Å². The molecule has 0 unspecified atom stereocenters. The van der Waals surface area contributed by atoms with Gasteiger partial charge in [-0.25, -0.2) is 4.79 Å². The normalized spacial score (nSPS) is 36.3. The third-order valence-corrected chi connectivity index (χ3v) is 12.1. The van der Waals surface area contributed by atoms with E-state index in [1.165, 1.54) is 28.1 Å². The Morgan fingerprint density at radius 1 is 0.966 bits per heavy atom. The molecule has 332 valence electrons. The molecule has 14 atom stereocenters. The Labute approximate surface area is 349 Å². The number of methoxy groups -OCH3 is 2. The molecule has 2 aliphatic rings. The molecule has 0 radical (unpaired) electrons. The topological polar surface area (TPSA) is 189 Å². The first kappa shape index (κ1) is 48.0. The van der Waals surface area contributed by atoms with Crippen LogP contribution in [0.1, 0.15) is 74.7 Å². The van der Waals surface area contributed by atoms with Crippen LogP contribution in [0.4, 0.5) is 10.5 Å². The van der Waals surface area contributed by atoms with Crippen LogP contribution in [0.2, 0.25) is 0 Å². The van der Waals surface area contributed by atoms with E-state index in [0.717, 1.165) is 0 Å². The molecule has 0 aliphatic carbocycles. The molecule has 0 saturated carbocycles. The van der Waals surface area contributed by atoms with Crippen LogP contribution in [-0.4, -0.2) is 138 Å². The van der Waals surface area contributed by atoms with Gasteiger partial charge in [-0.2, -0.15) is 0 Å². The number of nitrogens with one attached hydrogen (secondary N) is 1. The van der Waals surface area contributed by atoms with E-state index in [-0.39, 0.29) is 24.8 Å². The molecule has 59 heavy (non-hydrogen) atoms. The van der Waals surface area contributed by atoms with E-state index in [4.69, 9.17) is 28.4 Å². The number of carbonyl (C=O) groups is 2. The maximum Gasteiger partial charge on any atom is 0.324 e. The molecule has 2 saturated heterocycles. The second-order valence-electron chi connectivity index (χ2n) is 17.1. The van der Waals surface area contributed by atoms with Gasteiger partial charge in [0.05, 0.1) is 50.1 Å². The summed E-state index contributed by atoms with van der Waals surface area (Å²) in [4.78, 5) is 31.0. The Morgan fingerprint density at radius 2 is 1.61 bits per heavy atom. The number of urea groups is 1. The molecule has 0 spiro atoms. The number of amides is 2. The molecule has 4 rings (SSSR count). The van der Waals surface area contributed by atoms with Crippen LogP contribution in [0.5, 0.6) is 17.2 Å². The van der Waals surface area contributed by atoms with Crippen LogP contribution in [0.15, 0.2) is 48.5 Å². The number of esters is 1. The number of carbonyl (C=O) groups excluding carboxylic acids is 2. The van der Waals surface area contributed by atoms with Crippen LogP contribution < -0.4 is 24.4 Å². The van der Waals surface area contributed by atoms with Crippen molar-refractivity contribution < 1.29 is 58.4 Å². The minimum atomic E-state index is -1.81. The summed E-state index contributed by atoms with van der Waals surface area (Å²) < 4.78 is 37.0. The maximum atomic E-state index is 14.2. The predicted molar refractivity (Wildman–Crippen MR) is 223 cm³/mol. The number of ether oxygens (including phenoxy) is 6. The SMILES string of the molecule is CC[C@H]1OC(=O)[C@H](C)[C@@H](O)[C@H](C)[C@@H](O[C@@H]2O[C@H](C)C[C@H](N(C)C(=O)N(C)c3ccccc3)[C@H]2Oc2ccc(OC)c(OC)c2)[C@](C)(O)C[C@@H](C)CN[C@H](C)[C@@H](O)[C@]1(C)O. The summed E-state index contributed by atoms with van der Waals surface area (Å²) in [6.45, 7) is 13.9. The summed E-state index contributed by atoms with van der Waals surface area (Å²) in [5.74, 6) is -1.77. The zero-order chi connectivity index (χ0) is 44.0. The second-order valence-corrected chi connectivity index (χ2v) is 17.1. The highest BCUT2D eigenvalue weighted by Crippen LogP contribution is 2.39. The van der Waals surface area contributed by atoms with E-state index in [9.17, 15) is 30.0 Å². The Morgan fingerprint density at radius 3 is 2.22 bits per heavy atom.